The smallest absolute Gasteiger partial charge is 0.444 e. The molecule has 88 valence electrons. The number of nitrogens with one attached hydrogen (secondary N) is 1. The fourth-order valence-electron chi connectivity index (χ4n) is 0.963. The molecule has 0 aliphatic rings. The molecule has 0 saturated carbocycles. The first-order chi connectivity index (χ1) is 7.28. The molecule has 1 amide bonds. The largest absolute Gasteiger partial charge is 0.499 e. The Balaban J connectivity index is 2.57. The summed E-state index contributed by atoms with van der Waals surface area (Å²) in [5.41, 5.74) is -0.555. The van der Waals surface area contributed by atoms with Gasteiger partial charge in [0.05, 0.1) is 5.00 Å². The van der Waals surface area contributed by atoms with Gasteiger partial charge in [-0.2, -0.15) is 0 Å². The zero-order valence-electron chi connectivity index (χ0n) is 9.35. The minimum Gasteiger partial charge on any atom is -0.444 e. The maximum Gasteiger partial charge on any atom is 0.499 e. The van der Waals surface area contributed by atoms with Crippen LogP contribution in [0.2, 0.25) is 0 Å². The van der Waals surface area contributed by atoms with Crippen LogP contribution in [-0.4, -0.2) is 28.9 Å². The Morgan fingerprint density at radius 1 is 1.44 bits per heavy atom. The molecule has 1 aromatic heterocycles. The molecule has 1 aromatic rings. The summed E-state index contributed by atoms with van der Waals surface area (Å²) < 4.78 is 5.41. The fourth-order valence-corrected chi connectivity index (χ4v) is 1.73. The van der Waals surface area contributed by atoms with Crippen molar-refractivity contribution < 1.29 is 19.6 Å². The molecule has 0 radical (unpaired) electrons. The molecule has 0 bridgehead atoms. The van der Waals surface area contributed by atoms with Gasteiger partial charge in [-0.25, -0.2) is 4.79 Å². The summed E-state index contributed by atoms with van der Waals surface area (Å²) in [6, 6.07) is 3.12. The minimum absolute atomic E-state index is 0.367. The van der Waals surface area contributed by atoms with E-state index < -0.39 is 18.8 Å². The standard InChI is InChI=1S/C9H14BNO4S/c1-9(2,3)15-8(12)11-7-5-4-6(16-7)10(13)14/h4-5,13-14H,1-3H3,(H,11,12). The van der Waals surface area contributed by atoms with E-state index in [9.17, 15) is 4.79 Å². The third kappa shape index (κ3) is 4.22. The minimum atomic E-state index is -1.51. The van der Waals surface area contributed by atoms with Crippen LogP contribution in [0.5, 0.6) is 0 Å². The monoisotopic (exact) mass is 243 g/mol. The molecule has 0 spiro atoms. The summed E-state index contributed by atoms with van der Waals surface area (Å²) in [5.74, 6) is 0. The van der Waals surface area contributed by atoms with E-state index >= 15 is 0 Å². The summed E-state index contributed by atoms with van der Waals surface area (Å²) in [7, 11) is -1.51. The highest BCUT2D eigenvalue weighted by Crippen LogP contribution is 2.16. The van der Waals surface area contributed by atoms with Crippen LogP contribution < -0.4 is 10.1 Å². The maximum atomic E-state index is 11.4. The normalized spacial score (nSPS) is 11.1. The molecule has 1 heterocycles. The van der Waals surface area contributed by atoms with Crippen LogP contribution in [0.4, 0.5) is 9.80 Å². The number of carbonyl (C=O) groups is 1. The second kappa shape index (κ2) is 4.86. The lowest BCUT2D eigenvalue weighted by Crippen LogP contribution is -2.27. The Bertz CT molecular complexity index is 372. The Hall–Kier alpha value is -1.05. The number of carbonyl (C=O) groups excluding carboxylic acids is 1. The lowest BCUT2D eigenvalue weighted by Gasteiger charge is -2.19. The molecule has 7 heteroatoms. The second-order valence-electron chi connectivity index (χ2n) is 4.20. The van der Waals surface area contributed by atoms with Gasteiger partial charge in [0.1, 0.15) is 5.60 Å². The van der Waals surface area contributed by atoms with Gasteiger partial charge in [0.15, 0.2) is 0 Å². The molecule has 0 aliphatic heterocycles. The van der Waals surface area contributed by atoms with Gasteiger partial charge in [-0.1, -0.05) is 0 Å². The highest BCUT2D eigenvalue weighted by Gasteiger charge is 2.18. The molecule has 1 rings (SSSR count). The summed E-state index contributed by atoms with van der Waals surface area (Å²) in [4.78, 5) is 11.4. The molecule has 5 nitrogen and oxygen atoms in total. The molecule has 0 fully saturated rings. The topological polar surface area (TPSA) is 78.8 Å². The zero-order chi connectivity index (χ0) is 12.3. The Kier molecular flexibility index (Phi) is 3.95. The van der Waals surface area contributed by atoms with Gasteiger partial charge in [0.2, 0.25) is 0 Å². The number of amides is 1. The first-order valence-electron chi connectivity index (χ1n) is 4.74. The number of rotatable bonds is 2. The quantitative estimate of drug-likeness (QED) is 0.670. The van der Waals surface area contributed by atoms with Crippen molar-refractivity contribution >= 4 is 34.3 Å². The van der Waals surface area contributed by atoms with Crippen molar-refractivity contribution in [3.05, 3.63) is 12.1 Å². The van der Waals surface area contributed by atoms with E-state index in [-0.39, 0.29) is 0 Å². The number of hydrogen-bond donors (Lipinski definition) is 3. The molecule has 0 aromatic carbocycles. The Morgan fingerprint density at radius 3 is 2.50 bits per heavy atom. The molecule has 0 aliphatic carbocycles. The van der Waals surface area contributed by atoms with Gasteiger partial charge < -0.3 is 14.8 Å². The van der Waals surface area contributed by atoms with Crippen molar-refractivity contribution in [1.29, 1.82) is 0 Å². The van der Waals surface area contributed by atoms with Crippen LogP contribution >= 0.6 is 11.3 Å². The van der Waals surface area contributed by atoms with Crippen molar-refractivity contribution in [3.63, 3.8) is 0 Å². The third-order valence-corrected chi connectivity index (χ3v) is 2.55. The van der Waals surface area contributed by atoms with Crippen LogP contribution in [0.15, 0.2) is 12.1 Å². The van der Waals surface area contributed by atoms with E-state index in [4.69, 9.17) is 14.8 Å². The molecular formula is C9H14BNO4S. The second-order valence-corrected chi connectivity index (χ2v) is 5.32. The fraction of sp³-hybridized carbons (Fsp3) is 0.444. The van der Waals surface area contributed by atoms with E-state index in [2.05, 4.69) is 5.32 Å². The van der Waals surface area contributed by atoms with Crippen LogP contribution in [0.3, 0.4) is 0 Å². The van der Waals surface area contributed by atoms with Gasteiger partial charge in [-0.15, -0.1) is 11.3 Å². The number of thiophene rings is 1. The molecule has 3 N–H and O–H groups in total. The molecule has 0 atom stereocenters. The maximum absolute atomic E-state index is 11.4. The highest BCUT2D eigenvalue weighted by molar-refractivity contribution is 7.25. The van der Waals surface area contributed by atoms with Crippen LogP contribution in [0, 0.1) is 0 Å². The molecule has 0 saturated heterocycles. The van der Waals surface area contributed by atoms with E-state index in [1.54, 1.807) is 26.8 Å². The van der Waals surface area contributed by atoms with Gasteiger partial charge in [0.25, 0.3) is 0 Å². The predicted octanol–water partition coefficient (Wildman–Crippen LogP) is 0.775. The summed E-state index contributed by atoms with van der Waals surface area (Å²) >= 11 is 1.08. The van der Waals surface area contributed by atoms with Gasteiger partial charge >= 0.3 is 13.2 Å². The molecule has 16 heavy (non-hydrogen) atoms. The van der Waals surface area contributed by atoms with E-state index in [0.29, 0.717) is 9.78 Å². The van der Waals surface area contributed by atoms with Gasteiger partial charge in [-0.05, 0) is 32.9 Å². The average Bonchev–Trinajstić information content (AvgIpc) is 2.48. The number of hydrogen-bond acceptors (Lipinski definition) is 5. The van der Waals surface area contributed by atoms with Crippen molar-refractivity contribution in [3.8, 4) is 0 Å². The number of anilines is 1. The van der Waals surface area contributed by atoms with Crippen LogP contribution in [-0.2, 0) is 4.74 Å². The van der Waals surface area contributed by atoms with Crippen molar-refractivity contribution in [2.75, 3.05) is 5.32 Å². The Morgan fingerprint density at radius 2 is 2.06 bits per heavy atom. The SMILES string of the molecule is CC(C)(C)OC(=O)Nc1ccc(B(O)O)s1. The zero-order valence-corrected chi connectivity index (χ0v) is 10.2. The lowest BCUT2D eigenvalue weighted by molar-refractivity contribution is 0.0636. The molecule has 0 unspecified atom stereocenters. The lowest BCUT2D eigenvalue weighted by atomic mass is 9.90. The van der Waals surface area contributed by atoms with E-state index in [1.807, 2.05) is 0 Å². The summed E-state index contributed by atoms with van der Waals surface area (Å²) in [6.45, 7) is 5.30. The van der Waals surface area contributed by atoms with E-state index in [1.165, 1.54) is 6.07 Å². The van der Waals surface area contributed by atoms with Gasteiger partial charge in [-0.3, -0.25) is 5.32 Å². The summed E-state index contributed by atoms with van der Waals surface area (Å²) in [6.07, 6.45) is -0.562. The first kappa shape index (κ1) is 13.0. The highest BCUT2D eigenvalue weighted by atomic mass is 32.1. The van der Waals surface area contributed by atoms with Gasteiger partial charge in [0, 0.05) is 4.78 Å². The van der Waals surface area contributed by atoms with Crippen molar-refractivity contribution in [1.82, 2.24) is 0 Å². The van der Waals surface area contributed by atoms with Crippen LogP contribution in [0.25, 0.3) is 0 Å². The predicted molar refractivity (Wildman–Crippen MR) is 64.0 cm³/mol. The Labute approximate surface area is 98.2 Å². The van der Waals surface area contributed by atoms with Crippen molar-refractivity contribution in [2.24, 2.45) is 0 Å². The van der Waals surface area contributed by atoms with Crippen LogP contribution in [0.1, 0.15) is 20.8 Å². The third-order valence-electron chi connectivity index (χ3n) is 1.51. The summed E-state index contributed by atoms with van der Waals surface area (Å²) in [5, 5.41) is 20.8. The van der Waals surface area contributed by atoms with Crippen molar-refractivity contribution in [2.45, 2.75) is 26.4 Å². The molecular weight excluding hydrogens is 229 g/mol. The first-order valence-corrected chi connectivity index (χ1v) is 5.55. The average molecular weight is 243 g/mol. The number of ether oxygens (including phenoxy) is 1. The van der Waals surface area contributed by atoms with E-state index in [0.717, 1.165) is 11.3 Å².